The highest BCUT2D eigenvalue weighted by Gasteiger charge is 2.75. The van der Waals surface area contributed by atoms with Crippen LogP contribution in [0.2, 0.25) is 0 Å². The fraction of sp³-hybridized carbons (Fsp3) is 0.800. The van der Waals surface area contributed by atoms with E-state index in [1.807, 2.05) is 6.92 Å². The van der Waals surface area contributed by atoms with Crippen LogP contribution in [0.1, 0.15) is 58.8 Å². The van der Waals surface area contributed by atoms with Crippen molar-refractivity contribution in [1.29, 1.82) is 0 Å². The predicted molar refractivity (Wildman–Crippen MR) is 89.3 cm³/mol. The highest BCUT2D eigenvalue weighted by atomic mass is 16.4. The lowest BCUT2D eigenvalue weighted by Gasteiger charge is -2.50. The van der Waals surface area contributed by atoms with Crippen molar-refractivity contribution in [2.45, 2.75) is 58.8 Å². The lowest BCUT2D eigenvalue weighted by atomic mass is 9.53. The molecule has 1 spiro atoms. The first-order valence-electron chi connectivity index (χ1n) is 9.31. The molecular formula is C20H28O4. The van der Waals surface area contributed by atoms with Gasteiger partial charge in [0, 0.05) is 0 Å². The van der Waals surface area contributed by atoms with Crippen LogP contribution >= 0.6 is 0 Å². The Kier molecular flexibility index (Phi) is 3.13. The average Bonchev–Trinajstić information content (AvgIpc) is 2.87. The first-order chi connectivity index (χ1) is 11.2. The molecule has 2 N–H and O–H groups in total. The largest absolute Gasteiger partial charge is 0.481 e. The van der Waals surface area contributed by atoms with E-state index in [9.17, 15) is 19.8 Å². The summed E-state index contributed by atoms with van der Waals surface area (Å²) in [5.41, 5.74) is -0.152. The number of fused-ring (bicyclic) bond motifs is 3. The molecule has 0 aliphatic heterocycles. The van der Waals surface area contributed by atoms with Gasteiger partial charge in [-0.15, -0.1) is 0 Å². The van der Waals surface area contributed by atoms with Gasteiger partial charge in [0.05, 0.1) is 11.3 Å². The molecule has 7 atom stereocenters. The van der Waals surface area contributed by atoms with Crippen LogP contribution in [0.5, 0.6) is 0 Å². The number of hydrogen-bond donors (Lipinski definition) is 2. The highest BCUT2D eigenvalue weighted by Crippen LogP contribution is 2.77. The van der Waals surface area contributed by atoms with Crippen LogP contribution in [-0.2, 0) is 9.59 Å². The number of carboxylic acid groups (broad SMARTS) is 2. The standard InChI is InChI=1S/C20H28O4/c1-11-9-20-10-12(11)5-6-13(20)18(2)7-4-8-19(3,17(23)24)15(18)14(20)16(21)22/h12-15H,1,4-10H2,2-3H3,(H,21,22)(H,23,24)/t12-,13+,14-,15+,18+,19-,20+/m0/s1. The van der Waals surface area contributed by atoms with Crippen molar-refractivity contribution in [3.8, 4) is 0 Å². The Balaban J connectivity index is 1.93. The van der Waals surface area contributed by atoms with Crippen LogP contribution in [0, 0.1) is 39.9 Å². The van der Waals surface area contributed by atoms with Crippen molar-refractivity contribution in [3.63, 3.8) is 0 Å². The smallest absolute Gasteiger partial charge is 0.309 e. The van der Waals surface area contributed by atoms with E-state index >= 15 is 0 Å². The summed E-state index contributed by atoms with van der Waals surface area (Å²) in [6.07, 6.45) is 6.29. The zero-order valence-corrected chi connectivity index (χ0v) is 14.7. The van der Waals surface area contributed by atoms with Gasteiger partial charge in [-0.3, -0.25) is 9.59 Å². The third-order valence-electron chi connectivity index (χ3n) is 8.57. The minimum Gasteiger partial charge on any atom is -0.481 e. The first kappa shape index (κ1) is 16.2. The van der Waals surface area contributed by atoms with E-state index in [2.05, 4.69) is 13.5 Å². The number of carboxylic acids is 2. The molecule has 0 heterocycles. The van der Waals surface area contributed by atoms with E-state index < -0.39 is 23.3 Å². The quantitative estimate of drug-likeness (QED) is 0.751. The zero-order chi connectivity index (χ0) is 17.5. The number of aliphatic carboxylic acids is 2. The van der Waals surface area contributed by atoms with Gasteiger partial charge in [-0.2, -0.15) is 0 Å². The molecule has 4 nitrogen and oxygen atoms in total. The summed E-state index contributed by atoms with van der Waals surface area (Å²) in [7, 11) is 0. The lowest BCUT2D eigenvalue weighted by molar-refractivity contribution is -0.166. The third kappa shape index (κ3) is 1.65. The van der Waals surface area contributed by atoms with E-state index in [0.717, 1.165) is 38.5 Å². The van der Waals surface area contributed by atoms with E-state index in [-0.39, 0.29) is 16.7 Å². The Hall–Kier alpha value is -1.32. The molecule has 4 aliphatic rings. The Labute approximate surface area is 143 Å². The summed E-state index contributed by atoms with van der Waals surface area (Å²) in [6.45, 7) is 8.26. The second-order valence-corrected chi connectivity index (χ2v) is 9.47. The van der Waals surface area contributed by atoms with Crippen molar-refractivity contribution in [2.75, 3.05) is 0 Å². The molecule has 0 radical (unpaired) electrons. The fourth-order valence-corrected chi connectivity index (χ4v) is 7.88. The summed E-state index contributed by atoms with van der Waals surface area (Å²) in [5, 5.41) is 20.2. The molecule has 0 saturated heterocycles. The van der Waals surface area contributed by atoms with Crippen LogP contribution in [0.25, 0.3) is 0 Å². The van der Waals surface area contributed by atoms with Crippen molar-refractivity contribution >= 4 is 11.9 Å². The molecule has 4 heteroatoms. The van der Waals surface area contributed by atoms with Crippen molar-refractivity contribution in [1.82, 2.24) is 0 Å². The van der Waals surface area contributed by atoms with Crippen LogP contribution in [0.3, 0.4) is 0 Å². The molecule has 4 saturated carbocycles. The van der Waals surface area contributed by atoms with Crippen molar-refractivity contribution in [3.05, 3.63) is 12.2 Å². The minimum atomic E-state index is -0.929. The number of rotatable bonds is 2. The van der Waals surface area contributed by atoms with Crippen molar-refractivity contribution < 1.29 is 19.8 Å². The summed E-state index contributed by atoms with van der Waals surface area (Å²) in [4.78, 5) is 24.6. The second kappa shape index (κ2) is 4.64. The van der Waals surface area contributed by atoms with Gasteiger partial charge in [0.25, 0.3) is 0 Å². The maximum absolute atomic E-state index is 12.4. The molecule has 0 aromatic rings. The maximum Gasteiger partial charge on any atom is 0.309 e. The number of hydrogen-bond acceptors (Lipinski definition) is 2. The monoisotopic (exact) mass is 332 g/mol. The summed E-state index contributed by atoms with van der Waals surface area (Å²) in [6, 6.07) is 0. The summed E-state index contributed by atoms with van der Waals surface area (Å²) >= 11 is 0. The van der Waals surface area contributed by atoms with Gasteiger partial charge >= 0.3 is 11.9 Å². The number of carbonyl (C=O) groups is 2. The van der Waals surface area contributed by atoms with Crippen LogP contribution in [-0.4, -0.2) is 22.2 Å². The highest BCUT2D eigenvalue weighted by molar-refractivity contribution is 5.79. The predicted octanol–water partition coefficient (Wildman–Crippen LogP) is 3.96. The summed E-state index contributed by atoms with van der Waals surface area (Å²) < 4.78 is 0. The average molecular weight is 332 g/mol. The Morgan fingerprint density at radius 1 is 1.17 bits per heavy atom. The maximum atomic E-state index is 12.4. The fourth-order valence-electron chi connectivity index (χ4n) is 7.88. The minimum absolute atomic E-state index is 0.177. The Morgan fingerprint density at radius 2 is 1.88 bits per heavy atom. The SMILES string of the molecule is C=C1C[C@@]23C[C@@H]1CC[C@@H]2[C@@]1(C)CCC[C@](C)(C(=O)O)[C@@H]1[C@H]3C(=O)O. The van der Waals surface area contributed by atoms with E-state index in [4.69, 9.17) is 0 Å². The Morgan fingerprint density at radius 3 is 2.50 bits per heavy atom. The zero-order valence-electron chi connectivity index (χ0n) is 14.7. The van der Waals surface area contributed by atoms with Gasteiger partial charge in [-0.25, -0.2) is 0 Å². The molecule has 0 aromatic heterocycles. The van der Waals surface area contributed by atoms with Gasteiger partial charge in [-0.1, -0.05) is 25.5 Å². The van der Waals surface area contributed by atoms with Gasteiger partial charge in [-0.05, 0) is 74.0 Å². The van der Waals surface area contributed by atoms with Gasteiger partial charge in [0.1, 0.15) is 0 Å². The molecule has 4 rings (SSSR count). The molecule has 4 fully saturated rings. The van der Waals surface area contributed by atoms with Gasteiger partial charge in [0.15, 0.2) is 0 Å². The van der Waals surface area contributed by atoms with Crippen LogP contribution < -0.4 is 0 Å². The molecule has 2 bridgehead atoms. The number of allylic oxidation sites excluding steroid dienone is 1. The van der Waals surface area contributed by atoms with Crippen LogP contribution in [0.15, 0.2) is 12.2 Å². The normalized spacial score (nSPS) is 52.7. The molecule has 24 heavy (non-hydrogen) atoms. The lowest BCUT2D eigenvalue weighted by Crippen LogP contribution is -2.50. The third-order valence-corrected chi connectivity index (χ3v) is 8.57. The van der Waals surface area contributed by atoms with E-state index in [1.165, 1.54) is 5.57 Å². The molecule has 0 aromatic carbocycles. The molecule has 132 valence electrons. The van der Waals surface area contributed by atoms with Crippen molar-refractivity contribution in [2.24, 2.45) is 39.9 Å². The van der Waals surface area contributed by atoms with E-state index in [0.29, 0.717) is 18.3 Å². The second-order valence-electron chi connectivity index (χ2n) is 9.47. The first-order valence-corrected chi connectivity index (χ1v) is 9.31. The van der Waals surface area contributed by atoms with Gasteiger partial charge in [0.2, 0.25) is 0 Å². The molecular weight excluding hydrogens is 304 g/mol. The topological polar surface area (TPSA) is 74.6 Å². The molecule has 0 amide bonds. The van der Waals surface area contributed by atoms with Gasteiger partial charge < -0.3 is 10.2 Å². The summed E-state index contributed by atoms with van der Waals surface area (Å²) in [5.74, 6) is -1.64. The Bertz CT molecular complexity index is 640. The molecule has 0 unspecified atom stereocenters. The van der Waals surface area contributed by atoms with E-state index in [1.54, 1.807) is 0 Å². The molecule has 4 aliphatic carbocycles. The van der Waals surface area contributed by atoms with Crippen LogP contribution in [0.4, 0.5) is 0 Å².